The standard InChI is InChI=1S/C20H19N3O5S/c1-2-26-20(25)18-19(29-23-22-18)21-17(24)13-28-16-10-8-15(9-11-16)27-12-14-6-4-3-5-7-14/h3-11H,2,12-13H2,1H3,(H,21,24). The van der Waals surface area contributed by atoms with E-state index in [0.29, 0.717) is 18.1 Å². The van der Waals surface area contributed by atoms with Crippen molar-refractivity contribution in [3.05, 3.63) is 65.9 Å². The average Bonchev–Trinajstić information content (AvgIpc) is 3.20. The van der Waals surface area contributed by atoms with Crippen LogP contribution in [0.25, 0.3) is 0 Å². The Labute approximate surface area is 171 Å². The molecule has 0 aliphatic rings. The summed E-state index contributed by atoms with van der Waals surface area (Å²) in [7, 11) is 0. The number of amides is 1. The molecule has 0 saturated carbocycles. The van der Waals surface area contributed by atoms with Crippen LogP contribution in [0.3, 0.4) is 0 Å². The topological polar surface area (TPSA) is 99.6 Å². The Morgan fingerprint density at radius 2 is 1.69 bits per heavy atom. The SMILES string of the molecule is CCOC(=O)c1nnsc1NC(=O)COc1ccc(OCc2ccccc2)cc1. The number of hydrogen-bond donors (Lipinski definition) is 1. The summed E-state index contributed by atoms with van der Waals surface area (Å²) < 4.78 is 19.7. The summed E-state index contributed by atoms with van der Waals surface area (Å²) in [5.41, 5.74) is 1.05. The third kappa shape index (κ3) is 6.01. The Kier molecular flexibility index (Phi) is 7.12. The maximum atomic E-state index is 12.1. The number of nitrogens with zero attached hydrogens (tertiary/aromatic N) is 2. The molecule has 9 heteroatoms. The van der Waals surface area contributed by atoms with Gasteiger partial charge in [0, 0.05) is 11.5 Å². The number of ether oxygens (including phenoxy) is 3. The van der Waals surface area contributed by atoms with Gasteiger partial charge in [0.25, 0.3) is 5.91 Å². The van der Waals surface area contributed by atoms with E-state index in [1.54, 1.807) is 31.2 Å². The van der Waals surface area contributed by atoms with Gasteiger partial charge in [0.15, 0.2) is 11.6 Å². The molecule has 0 fully saturated rings. The molecule has 1 aromatic heterocycles. The summed E-state index contributed by atoms with van der Waals surface area (Å²) in [4.78, 5) is 23.8. The van der Waals surface area contributed by atoms with Gasteiger partial charge in [0.2, 0.25) is 5.69 Å². The van der Waals surface area contributed by atoms with E-state index in [1.165, 1.54) is 0 Å². The van der Waals surface area contributed by atoms with Crippen molar-refractivity contribution >= 4 is 28.4 Å². The summed E-state index contributed by atoms with van der Waals surface area (Å²) >= 11 is 0.893. The van der Waals surface area contributed by atoms with Crippen molar-refractivity contribution in [2.45, 2.75) is 13.5 Å². The zero-order valence-electron chi connectivity index (χ0n) is 15.7. The van der Waals surface area contributed by atoms with Gasteiger partial charge >= 0.3 is 5.97 Å². The molecule has 1 amide bonds. The lowest BCUT2D eigenvalue weighted by atomic mass is 10.2. The Balaban J connectivity index is 1.47. The second-order valence-corrected chi connectivity index (χ2v) is 6.51. The van der Waals surface area contributed by atoms with Gasteiger partial charge in [-0.15, -0.1) is 5.10 Å². The van der Waals surface area contributed by atoms with Crippen molar-refractivity contribution in [3.63, 3.8) is 0 Å². The third-order valence-corrected chi connectivity index (χ3v) is 4.29. The molecular weight excluding hydrogens is 394 g/mol. The monoisotopic (exact) mass is 413 g/mol. The van der Waals surface area contributed by atoms with Gasteiger partial charge in [-0.2, -0.15) is 0 Å². The highest BCUT2D eigenvalue weighted by atomic mass is 32.1. The Morgan fingerprint density at radius 1 is 1.00 bits per heavy atom. The Morgan fingerprint density at radius 3 is 2.38 bits per heavy atom. The molecule has 0 spiro atoms. The van der Waals surface area contributed by atoms with Crippen molar-refractivity contribution in [3.8, 4) is 11.5 Å². The second-order valence-electron chi connectivity index (χ2n) is 5.75. The minimum absolute atomic E-state index is 0.0230. The maximum absolute atomic E-state index is 12.1. The normalized spacial score (nSPS) is 10.2. The average molecular weight is 413 g/mol. The number of aromatic nitrogens is 2. The molecule has 0 aliphatic carbocycles. The molecule has 150 valence electrons. The first-order valence-electron chi connectivity index (χ1n) is 8.84. The quantitative estimate of drug-likeness (QED) is 0.537. The lowest BCUT2D eigenvalue weighted by Crippen LogP contribution is -2.21. The van der Waals surface area contributed by atoms with Crippen LogP contribution in [0, 0.1) is 0 Å². The zero-order valence-corrected chi connectivity index (χ0v) is 16.5. The van der Waals surface area contributed by atoms with Crippen LogP contribution in [0.2, 0.25) is 0 Å². The van der Waals surface area contributed by atoms with Gasteiger partial charge < -0.3 is 19.5 Å². The molecular formula is C20H19N3O5S. The van der Waals surface area contributed by atoms with Gasteiger partial charge in [-0.05, 0) is 36.8 Å². The molecule has 0 atom stereocenters. The minimum atomic E-state index is -0.636. The highest BCUT2D eigenvalue weighted by molar-refractivity contribution is 7.10. The minimum Gasteiger partial charge on any atom is -0.489 e. The maximum Gasteiger partial charge on any atom is 0.362 e. The molecule has 0 unspecified atom stereocenters. The summed E-state index contributed by atoms with van der Waals surface area (Å²) in [6.07, 6.45) is 0. The van der Waals surface area contributed by atoms with E-state index >= 15 is 0 Å². The molecule has 3 rings (SSSR count). The second kappa shape index (κ2) is 10.2. The fraction of sp³-hybridized carbons (Fsp3) is 0.200. The molecule has 0 radical (unpaired) electrons. The van der Waals surface area contributed by atoms with Crippen LogP contribution in [-0.2, 0) is 16.1 Å². The summed E-state index contributed by atoms with van der Waals surface area (Å²) in [6.45, 7) is 2.12. The lowest BCUT2D eigenvalue weighted by Gasteiger charge is -2.09. The number of esters is 1. The van der Waals surface area contributed by atoms with E-state index in [4.69, 9.17) is 14.2 Å². The number of benzene rings is 2. The van der Waals surface area contributed by atoms with Crippen LogP contribution in [0.5, 0.6) is 11.5 Å². The smallest absolute Gasteiger partial charge is 0.362 e. The van der Waals surface area contributed by atoms with Crippen LogP contribution in [0.1, 0.15) is 23.0 Å². The van der Waals surface area contributed by atoms with Crippen LogP contribution in [0.15, 0.2) is 54.6 Å². The van der Waals surface area contributed by atoms with Gasteiger partial charge in [-0.1, -0.05) is 34.8 Å². The summed E-state index contributed by atoms with van der Waals surface area (Å²) in [5.74, 6) is 0.135. The Bertz CT molecular complexity index is 944. The largest absolute Gasteiger partial charge is 0.489 e. The van der Waals surface area contributed by atoms with E-state index in [1.807, 2.05) is 30.3 Å². The molecule has 2 aromatic carbocycles. The van der Waals surface area contributed by atoms with Crippen LogP contribution in [-0.4, -0.2) is 34.7 Å². The molecule has 3 aromatic rings. The van der Waals surface area contributed by atoms with Crippen molar-refractivity contribution in [2.24, 2.45) is 0 Å². The van der Waals surface area contributed by atoms with Gasteiger partial charge in [0.05, 0.1) is 6.61 Å². The van der Waals surface area contributed by atoms with Crippen molar-refractivity contribution in [1.82, 2.24) is 9.59 Å². The Hall–Kier alpha value is -3.46. The highest BCUT2D eigenvalue weighted by Gasteiger charge is 2.19. The van der Waals surface area contributed by atoms with Crippen molar-refractivity contribution < 1.29 is 23.8 Å². The number of rotatable bonds is 9. The van der Waals surface area contributed by atoms with Gasteiger partial charge in [-0.3, -0.25) is 4.79 Å². The molecule has 29 heavy (non-hydrogen) atoms. The van der Waals surface area contributed by atoms with Crippen LogP contribution in [0.4, 0.5) is 5.00 Å². The van der Waals surface area contributed by atoms with E-state index in [2.05, 4.69) is 14.9 Å². The van der Waals surface area contributed by atoms with Crippen molar-refractivity contribution in [2.75, 3.05) is 18.5 Å². The number of hydrogen-bond acceptors (Lipinski definition) is 8. The summed E-state index contributed by atoms with van der Waals surface area (Å²) in [5, 5.41) is 6.46. The van der Waals surface area contributed by atoms with E-state index in [0.717, 1.165) is 17.1 Å². The molecule has 1 heterocycles. The third-order valence-electron chi connectivity index (χ3n) is 3.65. The van der Waals surface area contributed by atoms with Crippen molar-refractivity contribution in [1.29, 1.82) is 0 Å². The van der Waals surface area contributed by atoms with Gasteiger partial charge in [-0.25, -0.2) is 4.79 Å². The zero-order chi connectivity index (χ0) is 20.5. The summed E-state index contributed by atoms with van der Waals surface area (Å²) in [6, 6.07) is 16.8. The number of anilines is 1. The van der Waals surface area contributed by atoms with Crippen LogP contribution >= 0.6 is 11.5 Å². The molecule has 8 nitrogen and oxygen atoms in total. The first kappa shape index (κ1) is 20.3. The number of carbonyl (C=O) groups is 2. The first-order chi connectivity index (χ1) is 14.2. The van der Waals surface area contributed by atoms with E-state index in [9.17, 15) is 9.59 Å². The fourth-order valence-corrected chi connectivity index (χ4v) is 2.86. The fourth-order valence-electron chi connectivity index (χ4n) is 2.29. The highest BCUT2D eigenvalue weighted by Crippen LogP contribution is 2.20. The van der Waals surface area contributed by atoms with Gasteiger partial charge in [0.1, 0.15) is 18.1 Å². The predicted molar refractivity (Wildman–Crippen MR) is 107 cm³/mol. The van der Waals surface area contributed by atoms with E-state index < -0.39 is 11.9 Å². The van der Waals surface area contributed by atoms with E-state index in [-0.39, 0.29) is 23.9 Å². The number of nitrogens with one attached hydrogen (secondary N) is 1. The first-order valence-corrected chi connectivity index (χ1v) is 9.62. The molecule has 0 aliphatic heterocycles. The predicted octanol–water partition coefficient (Wildman–Crippen LogP) is 3.31. The number of carbonyl (C=O) groups excluding carboxylic acids is 2. The lowest BCUT2D eigenvalue weighted by molar-refractivity contribution is -0.118. The van der Waals surface area contributed by atoms with Crippen LogP contribution < -0.4 is 14.8 Å². The molecule has 1 N–H and O–H groups in total. The molecule has 0 bridgehead atoms. The molecule has 0 saturated heterocycles.